The van der Waals surface area contributed by atoms with Crippen LogP contribution in [0.1, 0.15) is 33.1 Å². The molecule has 2 nitrogen and oxygen atoms in total. The Morgan fingerprint density at radius 2 is 2.15 bits per heavy atom. The molecule has 2 heteroatoms. The van der Waals surface area contributed by atoms with E-state index < -0.39 is 0 Å². The first-order valence-corrected chi connectivity index (χ1v) is 5.75. The van der Waals surface area contributed by atoms with Gasteiger partial charge in [-0.1, -0.05) is 13.8 Å². The van der Waals surface area contributed by atoms with Crippen LogP contribution in [0.5, 0.6) is 0 Å². The molecule has 76 valence electrons. The van der Waals surface area contributed by atoms with Gasteiger partial charge >= 0.3 is 0 Å². The molecule has 2 unspecified atom stereocenters. The van der Waals surface area contributed by atoms with Crippen LogP contribution in [-0.4, -0.2) is 36.6 Å². The average Bonchev–Trinajstić information content (AvgIpc) is 2.74. The van der Waals surface area contributed by atoms with Crippen LogP contribution in [0.3, 0.4) is 0 Å². The van der Waals surface area contributed by atoms with Crippen molar-refractivity contribution in [1.29, 1.82) is 0 Å². The van der Waals surface area contributed by atoms with E-state index >= 15 is 0 Å². The molecule has 13 heavy (non-hydrogen) atoms. The second-order valence-electron chi connectivity index (χ2n) is 4.84. The van der Waals surface area contributed by atoms with Crippen molar-refractivity contribution in [1.82, 2.24) is 10.2 Å². The van der Waals surface area contributed by atoms with E-state index in [1.54, 1.807) is 0 Å². The quantitative estimate of drug-likeness (QED) is 0.695. The lowest BCUT2D eigenvalue weighted by Crippen LogP contribution is -2.42. The molecule has 0 amide bonds. The molecule has 0 aromatic heterocycles. The summed E-state index contributed by atoms with van der Waals surface area (Å²) in [5, 5.41) is 3.47. The predicted octanol–water partition coefficient (Wildman–Crippen LogP) is 1.47. The summed E-state index contributed by atoms with van der Waals surface area (Å²) in [7, 11) is 0. The topological polar surface area (TPSA) is 15.3 Å². The second-order valence-corrected chi connectivity index (χ2v) is 4.84. The number of likely N-dealkylation sites (tertiary alicyclic amines) is 1. The van der Waals surface area contributed by atoms with Crippen molar-refractivity contribution in [2.75, 3.05) is 19.6 Å². The molecule has 2 fully saturated rings. The lowest BCUT2D eigenvalue weighted by atomic mass is 10.0. The Hall–Kier alpha value is -0.0800. The second kappa shape index (κ2) is 3.97. The summed E-state index contributed by atoms with van der Waals surface area (Å²) in [5.41, 5.74) is 0. The third kappa shape index (κ3) is 1.89. The third-order valence-corrected chi connectivity index (χ3v) is 3.62. The Morgan fingerprint density at radius 1 is 1.31 bits per heavy atom. The monoisotopic (exact) mass is 182 g/mol. The minimum Gasteiger partial charge on any atom is -0.315 e. The van der Waals surface area contributed by atoms with E-state index in [1.807, 2.05) is 0 Å². The first-order chi connectivity index (χ1) is 6.29. The number of nitrogens with one attached hydrogen (secondary N) is 1. The lowest BCUT2D eigenvalue weighted by Gasteiger charge is -2.32. The van der Waals surface area contributed by atoms with Crippen molar-refractivity contribution < 1.29 is 0 Å². The fourth-order valence-electron chi connectivity index (χ4n) is 2.91. The van der Waals surface area contributed by atoms with Gasteiger partial charge in [-0.05, 0) is 38.3 Å². The number of nitrogens with zero attached hydrogens (tertiary/aromatic N) is 1. The molecular formula is C11H22N2. The number of hydrogen-bond acceptors (Lipinski definition) is 2. The summed E-state index contributed by atoms with van der Waals surface area (Å²) in [6.45, 7) is 8.53. The highest BCUT2D eigenvalue weighted by molar-refractivity contribution is 4.90. The maximum absolute atomic E-state index is 3.47. The zero-order valence-corrected chi connectivity index (χ0v) is 8.92. The van der Waals surface area contributed by atoms with Gasteiger partial charge in [-0.15, -0.1) is 0 Å². The molecule has 2 aliphatic rings. The number of rotatable bonds is 2. The van der Waals surface area contributed by atoms with Gasteiger partial charge in [0.1, 0.15) is 0 Å². The average molecular weight is 182 g/mol. The molecule has 0 saturated carbocycles. The molecule has 2 saturated heterocycles. The maximum atomic E-state index is 3.47. The van der Waals surface area contributed by atoms with Gasteiger partial charge < -0.3 is 5.32 Å². The van der Waals surface area contributed by atoms with Gasteiger partial charge in [0.25, 0.3) is 0 Å². The Kier molecular flexibility index (Phi) is 2.89. The summed E-state index contributed by atoms with van der Waals surface area (Å²) in [6, 6.07) is 1.71. The van der Waals surface area contributed by atoms with E-state index in [0.717, 1.165) is 18.0 Å². The van der Waals surface area contributed by atoms with E-state index in [0.29, 0.717) is 0 Å². The molecular weight excluding hydrogens is 160 g/mol. The van der Waals surface area contributed by atoms with E-state index in [-0.39, 0.29) is 0 Å². The highest BCUT2D eigenvalue weighted by atomic mass is 15.2. The van der Waals surface area contributed by atoms with Crippen LogP contribution >= 0.6 is 0 Å². The molecule has 0 aromatic carbocycles. The van der Waals surface area contributed by atoms with E-state index in [2.05, 4.69) is 24.1 Å². The first-order valence-electron chi connectivity index (χ1n) is 5.75. The Labute approximate surface area is 81.7 Å². The maximum Gasteiger partial charge on any atom is 0.0235 e. The molecule has 2 heterocycles. The summed E-state index contributed by atoms with van der Waals surface area (Å²) < 4.78 is 0. The highest BCUT2D eigenvalue weighted by Crippen LogP contribution is 2.27. The summed E-state index contributed by atoms with van der Waals surface area (Å²) >= 11 is 0. The predicted molar refractivity (Wildman–Crippen MR) is 55.8 cm³/mol. The smallest absolute Gasteiger partial charge is 0.0235 e. The van der Waals surface area contributed by atoms with Crippen LogP contribution in [0.15, 0.2) is 0 Å². The minimum atomic E-state index is 0.836. The first kappa shape index (κ1) is 9.47. The molecule has 0 radical (unpaired) electrons. The standard InChI is InChI=1S/C11H22N2/c1-9(2)11-4-3-7-13(11)10-5-6-12-8-10/h9-12H,3-8H2,1-2H3. The van der Waals surface area contributed by atoms with Crippen LogP contribution in [0, 0.1) is 5.92 Å². The zero-order chi connectivity index (χ0) is 9.26. The summed E-state index contributed by atoms with van der Waals surface area (Å²) in [5.74, 6) is 0.836. The zero-order valence-electron chi connectivity index (χ0n) is 8.92. The van der Waals surface area contributed by atoms with Gasteiger partial charge in [0.15, 0.2) is 0 Å². The largest absolute Gasteiger partial charge is 0.315 e. The SMILES string of the molecule is CC(C)C1CCCN1C1CCNC1. The van der Waals surface area contributed by atoms with Crippen molar-refractivity contribution in [3.8, 4) is 0 Å². The van der Waals surface area contributed by atoms with E-state index in [4.69, 9.17) is 0 Å². The molecule has 0 spiro atoms. The van der Waals surface area contributed by atoms with E-state index in [9.17, 15) is 0 Å². The highest BCUT2D eigenvalue weighted by Gasteiger charge is 2.33. The van der Waals surface area contributed by atoms with Crippen LogP contribution in [0.2, 0.25) is 0 Å². The molecule has 0 aliphatic carbocycles. The van der Waals surface area contributed by atoms with Gasteiger partial charge in [0.05, 0.1) is 0 Å². The van der Waals surface area contributed by atoms with Crippen molar-refractivity contribution in [3.63, 3.8) is 0 Å². The van der Waals surface area contributed by atoms with Gasteiger partial charge in [-0.25, -0.2) is 0 Å². The van der Waals surface area contributed by atoms with Crippen LogP contribution < -0.4 is 5.32 Å². The van der Waals surface area contributed by atoms with Crippen LogP contribution in [-0.2, 0) is 0 Å². The third-order valence-electron chi connectivity index (χ3n) is 3.62. The molecule has 2 atom stereocenters. The summed E-state index contributed by atoms with van der Waals surface area (Å²) in [6.07, 6.45) is 4.21. The van der Waals surface area contributed by atoms with Crippen molar-refractivity contribution >= 4 is 0 Å². The fourth-order valence-corrected chi connectivity index (χ4v) is 2.91. The van der Waals surface area contributed by atoms with Gasteiger partial charge in [0, 0.05) is 18.6 Å². The molecule has 0 bridgehead atoms. The van der Waals surface area contributed by atoms with Crippen molar-refractivity contribution in [2.24, 2.45) is 5.92 Å². The van der Waals surface area contributed by atoms with Crippen LogP contribution in [0.4, 0.5) is 0 Å². The number of hydrogen-bond donors (Lipinski definition) is 1. The Morgan fingerprint density at radius 3 is 2.77 bits per heavy atom. The van der Waals surface area contributed by atoms with Crippen molar-refractivity contribution in [2.45, 2.75) is 45.2 Å². The summed E-state index contributed by atoms with van der Waals surface area (Å²) in [4.78, 5) is 2.75. The van der Waals surface area contributed by atoms with Crippen molar-refractivity contribution in [3.05, 3.63) is 0 Å². The molecule has 2 aliphatic heterocycles. The Balaban J connectivity index is 1.96. The van der Waals surface area contributed by atoms with Crippen LogP contribution in [0.25, 0.3) is 0 Å². The van der Waals surface area contributed by atoms with Gasteiger partial charge in [-0.3, -0.25) is 4.90 Å². The normalized spacial score (nSPS) is 36.2. The molecule has 0 aromatic rings. The minimum absolute atomic E-state index is 0.836. The lowest BCUT2D eigenvalue weighted by molar-refractivity contribution is 0.155. The molecule has 1 N–H and O–H groups in total. The Bertz CT molecular complexity index is 161. The fraction of sp³-hybridized carbons (Fsp3) is 1.00. The molecule has 2 rings (SSSR count). The van der Waals surface area contributed by atoms with Gasteiger partial charge in [0.2, 0.25) is 0 Å². The van der Waals surface area contributed by atoms with E-state index in [1.165, 1.54) is 38.9 Å². The van der Waals surface area contributed by atoms with Gasteiger partial charge in [-0.2, -0.15) is 0 Å².